The molecule has 0 bridgehead atoms. The highest BCUT2D eigenvalue weighted by molar-refractivity contribution is 5.86. The lowest BCUT2D eigenvalue weighted by Gasteiger charge is -2.03. The van der Waals surface area contributed by atoms with Crippen molar-refractivity contribution in [1.82, 2.24) is 0 Å². The number of rotatable bonds is 2. The summed E-state index contributed by atoms with van der Waals surface area (Å²) in [6.45, 7) is 0. The molecule has 5 heteroatoms. The topological polar surface area (TPSA) is 73.3 Å². The van der Waals surface area contributed by atoms with Gasteiger partial charge in [0.1, 0.15) is 5.76 Å². The third-order valence-electron chi connectivity index (χ3n) is 2.99. The van der Waals surface area contributed by atoms with E-state index in [9.17, 15) is 14.9 Å². The summed E-state index contributed by atoms with van der Waals surface area (Å²) in [6, 6.07) is 14.7. The summed E-state index contributed by atoms with van der Waals surface area (Å²) < 4.78 is 5.58. The van der Waals surface area contributed by atoms with E-state index in [1.807, 2.05) is 6.07 Å². The predicted molar refractivity (Wildman–Crippen MR) is 74.6 cm³/mol. The van der Waals surface area contributed by atoms with E-state index in [0.29, 0.717) is 11.3 Å². The average Bonchev–Trinajstić information content (AvgIpc) is 2.47. The molecule has 0 aliphatic rings. The lowest BCUT2D eigenvalue weighted by atomic mass is 10.1. The van der Waals surface area contributed by atoms with Gasteiger partial charge >= 0.3 is 5.69 Å². The van der Waals surface area contributed by atoms with Crippen LogP contribution in [0.2, 0.25) is 0 Å². The van der Waals surface area contributed by atoms with Gasteiger partial charge in [-0.3, -0.25) is 14.9 Å². The molecule has 0 radical (unpaired) electrons. The van der Waals surface area contributed by atoms with Gasteiger partial charge in [-0.25, -0.2) is 0 Å². The summed E-state index contributed by atoms with van der Waals surface area (Å²) in [5, 5.41) is 11.2. The predicted octanol–water partition coefficient (Wildman–Crippen LogP) is 3.37. The zero-order valence-corrected chi connectivity index (χ0v) is 10.3. The van der Waals surface area contributed by atoms with Crippen LogP contribution in [0.4, 0.5) is 5.69 Å². The van der Waals surface area contributed by atoms with Crippen molar-refractivity contribution in [3.05, 3.63) is 74.9 Å². The molecule has 3 rings (SSSR count). The highest BCUT2D eigenvalue weighted by Crippen LogP contribution is 2.27. The first-order chi connectivity index (χ1) is 9.66. The molecule has 3 aromatic rings. The van der Waals surface area contributed by atoms with Crippen LogP contribution in [0.5, 0.6) is 0 Å². The number of nitro benzene ring substituents is 1. The highest BCUT2D eigenvalue weighted by atomic mass is 16.6. The fourth-order valence-corrected chi connectivity index (χ4v) is 2.05. The maximum absolute atomic E-state index is 12.1. The molecule has 0 atom stereocenters. The van der Waals surface area contributed by atoms with Crippen LogP contribution in [0.3, 0.4) is 0 Å². The zero-order valence-electron chi connectivity index (χ0n) is 10.3. The number of nitro groups is 1. The van der Waals surface area contributed by atoms with Crippen molar-refractivity contribution in [2.24, 2.45) is 0 Å². The summed E-state index contributed by atoms with van der Waals surface area (Å²) >= 11 is 0. The lowest BCUT2D eigenvalue weighted by Crippen LogP contribution is -2.02. The first kappa shape index (κ1) is 12.1. The summed E-state index contributed by atoms with van der Waals surface area (Å²) in [7, 11) is 0. The molecular formula is C15H9NO4. The first-order valence-electron chi connectivity index (χ1n) is 5.93. The fraction of sp³-hybridized carbons (Fsp3) is 0. The maximum Gasteiger partial charge on any atom is 0.312 e. The SMILES string of the molecule is O=c1cc(-c2ccccc2)oc2c([N+](=O)[O-])cccc12. The minimum Gasteiger partial charge on any atom is -0.449 e. The maximum atomic E-state index is 12.1. The Hall–Kier alpha value is -2.95. The molecule has 5 nitrogen and oxygen atoms in total. The second kappa shape index (κ2) is 4.62. The van der Waals surface area contributed by atoms with Crippen LogP contribution in [-0.2, 0) is 0 Å². The summed E-state index contributed by atoms with van der Waals surface area (Å²) in [5.41, 5.74) is 0.194. The van der Waals surface area contributed by atoms with E-state index in [4.69, 9.17) is 4.42 Å². The molecule has 1 heterocycles. The van der Waals surface area contributed by atoms with Crippen LogP contribution >= 0.6 is 0 Å². The zero-order chi connectivity index (χ0) is 14.1. The van der Waals surface area contributed by atoms with E-state index in [0.717, 1.165) is 0 Å². The molecule has 1 aromatic heterocycles. The molecule has 0 spiro atoms. The molecule has 0 amide bonds. The Balaban J connectivity index is 2.36. The molecule has 0 N–H and O–H groups in total. The Kier molecular flexibility index (Phi) is 2.80. The molecule has 0 fully saturated rings. The van der Waals surface area contributed by atoms with Gasteiger partial charge in [-0.15, -0.1) is 0 Å². The van der Waals surface area contributed by atoms with Crippen molar-refractivity contribution >= 4 is 16.7 Å². The number of hydrogen-bond donors (Lipinski definition) is 0. The molecule has 0 saturated carbocycles. The van der Waals surface area contributed by atoms with Crippen molar-refractivity contribution in [2.75, 3.05) is 0 Å². The Morgan fingerprint density at radius 2 is 1.75 bits per heavy atom. The van der Waals surface area contributed by atoms with Gasteiger partial charge in [-0.2, -0.15) is 0 Å². The number of non-ortho nitro benzene ring substituents is 1. The fourth-order valence-electron chi connectivity index (χ4n) is 2.05. The Morgan fingerprint density at radius 3 is 2.45 bits per heavy atom. The van der Waals surface area contributed by atoms with Gasteiger partial charge < -0.3 is 4.42 Å². The number of fused-ring (bicyclic) bond motifs is 1. The number of benzene rings is 2. The largest absolute Gasteiger partial charge is 0.449 e. The number of para-hydroxylation sites is 1. The van der Waals surface area contributed by atoms with E-state index in [-0.39, 0.29) is 22.1 Å². The van der Waals surface area contributed by atoms with E-state index < -0.39 is 4.92 Å². The van der Waals surface area contributed by atoms with Gasteiger partial charge in [0.25, 0.3) is 0 Å². The van der Waals surface area contributed by atoms with Crippen molar-refractivity contribution < 1.29 is 9.34 Å². The first-order valence-corrected chi connectivity index (χ1v) is 5.93. The Morgan fingerprint density at radius 1 is 1.00 bits per heavy atom. The summed E-state index contributed by atoms with van der Waals surface area (Å²) in [4.78, 5) is 22.5. The summed E-state index contributed by atoms with van der Waals surface area (Å²) in [5.74, 6) is 0.317. The molecule has 98 valence electrons. The van der Waals surface area contributed by atoms with E-state index in [1.165, 1.54) is 24.3 Å². The second-order valence-corrected chi connectivity index (χ2v) is 4.25. The number of hydrogen-bond acceptors (Lipinski definition) is 4. The summed E-state index contributed by atoms with van der Waals surface area (Å²) in [6.07, 6.45) is 0. The lowest BCUT2D eigenvalue weighted by molar-refractivity contribution is -0.383. The minimum absolute atomic E-state index is 0.00357. The highest BCUT2D eigenvalue weighted by Gasteiger charge is 2.17. The van der Waals surface area contributed by atoms with Crippen LogP contribution in [0.15, 0.2) is 63.8 Å². The van der Waals surface area contributed by atoms with Gasteiger partial charge in [0.15, 0.2) is 5.43 Å². The van der Waals surface area contributed by atoms with Crippen LogP contribution in [-0.4, -0.2) is 4.92 Å². The molecule has 0 aliphatic heterocycles. The van der Waals surface area contributed by atoms with E-state index in [2.05, 4.69) is 0 Å². The van der Waals surface area contributed by atoms with Crippen LogP contribution in [0.1, 0.15) is 0 Å². The van der Waals surface area contributed by atoms with Gasteiger partial charge in [0.05, 0.1) is 10.3 Å². The van der Waals surface area contributed by atoms with Crippen molar-refractivity contribution in [3.63, 3.8) is 0 Å². The quantitative estimate of drug-likeness (QED) is 0.527. The monoisotopic (exact) mass is 267 g/mol. The molecule has 0 saturated heterocycles. The van der Waals surface area contributed by atoms with E-state index >= 15 is 0 Å². The van der Waals surface area contributed by atoms with Gasteiger partial charge in [-0.05, 0) is 6.07 Å². The van der Waals surface area contributed by atoms with Gasteiger partial charge in [0, 0.05) is 17.7 Å². The van der Waals surface area contributed by atoms with Gasteiger partial charge in [-0.1, -0.05) is 36.4 Å². The van der Waals surface area contributed by atoms with Crippen LogP contribution < -0.4 is 5.43 Å². The van der Waals surface area contributed by atoms with Crippen LogP contribution in [0, 0.1) is 10.1 Å². The third-order valence-corrected chi connectivity index (χ3v) is 2.99. The normalized spacial score (nSPS) is 10.6. The average molecular weight is 267 g/mol. The van der Waals surface area contributed by atoms with Crippen molar-refractivity contribution in [3.8, 4) is 11.3 Å². The number of nitrogens with zero attached hydrogens (tertiary/aromatic N) is 1. The van der Waals surface area contributed by atoms with E-state index in [1.54, 1.807) is 24.3 Å². The smallest absolute Gasteiger partial charge is 0.312 e. The molecule has 2 aromatic carbocycles. The minimum atomic E-state index is -0.556. The van der Waals surface area contributed by atoms with Crippen molar-refractivity contribution in [1.29, 1.82) is 0 Å². The third kappa shape index (κ3) is 1.95. The molecule has 0 aliphatic carbocycles. The molecule has 20 heavy (non-hydrogen) atoms. The van der Waals surface area contributed by atoms with Gasteiger partial charge in [0.2, 0.25) is 5.58 Å². The Bertz CT molecular complexity index is 853. The van der Waals surface area contributed by atoms with Crippen LogP contribution in [0.25, 0.3) is 22.3 Å². The second-order valence-electron chi connectivity index (χ2n) is 4.25. The molecular weight excluding hydrogens is 258 g/mol. The molecule has 0 unspecified atom stereocenters. The standard InChI is InChI=1S/C15H9NO4/c17-13-9-14(10-5-2-1-3-6-10)20-15-11(13)7-4-8-12(15)16(18)19/h1-9H. The Labute approximate surface area is 113 Å². The van der Waals surface area contributed by atoms with Crippen molar-refractivity contribution in [2.45, 2.75) is 0 Å².